The first-order valence-corrected chi connectivity index (χ1v) is 12.1. The quantitative estimate of drug-likeness (QED) is 0.554. The second-order valence-corrected chi connectivity index (χ2v) is 9.42. The molecule has 1 aliphatic rings. The number of thiophene rings is 1. The van der Waals surface area contributed by atoms with Crippen molar-refractivity contribution < 1.29 is 9.59 Å². The fraction of sp³-hybridized carbons (Fsp3) is 0.417. The number of nitrogen functional groups attached to an aromatic ring is 1. The van der Waals surface area contributed by atoms with Gasteiger partial charge in [0.15, 0.2) is 0 Å². The molecule has 0 spiro atoms. The first kappa shape index (κ1) is 23.1. The van der Waals surface area contributed by atoms with Gasteiger partial charge in [-0.2, -0.15) is 0 Å². The lowest BCUT2D eigenvalue weighted by atomic mass is 9.98. The number of aromatic nitrogens is 2. The molecule has 2 amide bonds. The average Bonchev–Trinajstić information content (AvgIpc) is 3.18. The van der Waals surface area contributed by atoms with E-state index in [0.29, 0.717) is 30.1 Å². The molecule has 0 unspecified atom stereocenters. The predicted octanol–water partition coefficient (Wildman–Crippen LogP) is 3.21. The Morgan fingerprint density at radius 1 is 1.27 bits per heavy atom. The highest BCUT2D eigenvalue weighted by Crippen LogP contribution is 2.36. The molecule has 8 nitrogen and oxygen atoms in total. The molecule has 0 saturated carbocycles. The molecule has 1 saturated heterocycles. The Morgan fingerprint density at radius 3 is 2.88 bits per heavy atom. The van der Waals surface area contributed by atoms with Crippen LogP contribution in [0.2, 0.25) is 0 Å². The van der Waals surface area contributed by atoms with E-state index in [1.165, 1.54) is 11.3 Å². The highest BCUT2D eigenvalue weighted by molar-refractivity contribution is 7.21. The molecule has 33 heavy (non-hydrogen) atoms. The summed E-state index contributed by atoms with van der Waals surface area (Å²) < 4.78 is 0. The Balaban J connectivity index is 1.46. The lowest BCUT2D eigenvalue weighted by molar-refractivity contribution is -0.135. The second-order valence-electron chi connectivity index (χ2n) is 8.42. The molecule has 174 valence electrons. The molecule has 1 atom stereocenters. The molecule has 0 radical (unpaired) electrons. The number of nitrogens with one attached hydrogen (secondary N) is 1. The molecule has 3 aromatic heterocycles. The van der Waals surface area contributed by atoms with E-state index in [9.17, 15) is 9.59 Å². The second kappa shape index (κ2) is 10.3. The number of likely N-dealkylation sites (tertiary alicyclic amines) is 1. The van der Waals surface area contributed by atoms with Crippen LogP contribution in [0.5, 0.6) is 0 Å². The fourth-order valence-corrected chi connectivity index (χ4v) is 5.34. The van der Waals surface area contributed by atoms with Crippen LogP contribution >= 0.6 is 11.3 Å². The summed E-state index contributed by atoms with van der Waals surface area (Å²) >= 11 is 1.30. The van der Waals surface area contributed by atoms with E-state index >= 15 is 0 Å². The van der Waals surface area contributed by atoms with Crippen molar-refractivity contribution >= 4 is 39.1 Å². The van der Waals surface area contributed by atoms with E-state index < -0.39 is 0 Å². The van der Waals surface area contributed by atoms with Gasteiger partial charge >= 0.3 is 0 Å². The van der Waals surface area contributed by atoms with Crippen LogP contribution in [0.25, 0.3) is 10.2 Å². The molecule has 0 aliphatic carbocycles. The minimum Gasteiger partial charge on any atom is -0.397 e. The Labute approximate surface area is 197 Å². The van der Waals surface area contributed by atoms with Crippen molar-refractivity contribution in [2.45, 2.75) is 38.3 Å². The summed E-state index contributed by atoms with van der Waals surface area (Å²) in [6, 6.07) is 9.69. The Kier molecular flexibility index (Phi) is 7.20. The lowest BCUT2D eigenvalue weighted by Gasteiger charge is -2.36. The van der Waals surface area contributed by atoms with Gasteiger partial charge in [0, 0.05) is 44.7 Å². The number of nitrogens with zero attached hydrogens (tertiary/aromatic N) is 4. The van der Waals surface area contributed by atoms with E-state index in [0.717, 1.165) is 47.4 Å². The minimum absolute atomic E-state index is 0.0523. The van der Waals surface area contributed by atoms with Crippen molar-refractivity contribution in [2.75, 3.05) is 32.9 Å². The smallest absolute Gasteiger partial charge is 0.263 e. The largest absolute Gasteiger partial charge is 0.397 e. The third-order valence-electron chi connectivity index (χ3n) is 6.08. The SMILES string of the molecule is CNC(=O)c1sc2nc([C@H]3CCCCN3C(=O)CCN(C)Cc3ccccn3)ccc2c1N. The molecular weight excluding hydrogens is 436 g/mol. The number of pyridine rings is 2. The first-order chi connectivity index (χ1) is 16.0. The van der Waals surface area contributed by atoms with Gasteiger partial charge in [0.05, 0.1) is 23.1 Å². The zero-order chi connectivity index (χ0) is 23.4. The summed E-state index contributed by atoms with van der Waals surface area (Å²) in [7, 11) is 3.60. The number of rotatable bonds is 7. The number of amides is 2. The normalized spacial score (nSPS) is 16.3. The standard InChI is InChI=1S/C24H30N6O2S/c1-26-23(32)22-21(25)17-9-10-18(28-24(17)33-22)19-8-4-6-13-30(19)20(31)11-14-29(2)15-16-7-3-5-12-27-16/h3,5,7,9-10,12,19H,4,6,8,11,13-15,25H2,1-2H3,(H,26,32)/t19-/m1/s1. The summed E-state index contributed by atoms with van der Waals surface area (Å²) in [5.74, 6) is -0.0624. The third kappa shape index (κ3) is 5.15. The van der Waals surface area contributed by atoms with E-state index in [1.807, 2.05) is 42.3 Å². The Morgan fingerprint density at radius 2 is 2.12 bits per heavy atom. The van der Waals surface area contributed by atoms with Gasteiger partial charge < -0.3 is 20.9 Å². The van der Waals surface area contributed by atoms with Crippen LogP contribution in [0.3, 0.4) is 0 Å². The van der Waals surface area contributed by atoms with Crippen LogP contribution in [0.15, 0.2) is 36.5 Å². The number of carbonyl (C=O) groups is 2. The van der Waals surface area contributed by atoms with Crippen molar-refractivity contribution in [3.63, 3.8) is 0 Å². The van der Waals surface area contributed by atoms with Crippen LogP contribution < -0.4 is 11.1 Å². The number of carbonyl (C=O) groups excluding carboxylic acids is 2. The molecule has 3 aromatic rings. The summed E-state index contributed by atoms with van der Waals surface area (Å²) in [4.78, 5) is 39.8. The molecular formula is C24H30N6O2S. The van der Waals surface area contributed by atoms with Crippen LogP contribution in [0.1, 0.15) is 52.8 Å². The number of anilines is 1. The highest BCUT2D eigenvalue weighted by atomic mass is 32.1. The monoisotopic (exact) mass is 466 g/mol. The molecule has 1 aliphatic heterocycles. The van der Waals surface area contributed by atoms with Crippen LogP contribution in [-0.2, 0) is 11.3 Å². The molecule has 3 N–H and O–H groups in total. The molecule has 9 heteroatoms. The highest BCUT2D eigenvalue weighted by Gasteiger charge is 2.29. The van der Waals surface area contributed by atoms with Crippen molar-refractivity contribution in [1.82, 2.24) is 25.1 Å². The van der Waals surface area contributed by atoms with Crippen molar-refractivity contribution in [1.29, 1.82) is 0 Å². The van der Waals surface area contributed by atoms with E-state index in [2.05, 4.69) is 15.2 Å². The van der Waals surface area contributed by atoms with Gasteiger partial charge in [0.1, 0.15) is 9.71 Å². The molecule has 4 heterocycles. The number of nitrogens with two attached hydrogens (primary N) is 1. The van der Waals surface area contributed by atoms with Gasteiger partial charge in [-0.1, -0.05) is 6.07 Å². The Hall–Kier alpha value is -3.04. The maximum Gasteiger partial charge on any atom is 0.263 e. The van der Waals surface area contributed by atoms with E-state index in [4.69, 9.17) is 10.7 Å². The van der Waals surface area contributed by atoms with Gasteiger partial charge in [0.2, 0.25) is 5.91 Å². The molecule has 4 rings (SSSR count). The van der Waals surface area contributed by atoms with Crippen LogP contribution in [-0.4, -0.2) is 58.8 Å². The van der Waals surface area contributed by atoms with Crippen molar-refractivity contribution in [2.24, 2.45) is 0 Å². The van der Waals surface area contributed by atoms with Gasteiger partial charge in [-0.05, 0) is 50.6 Å². The minimum atomic E-state index is -0.207. The number of hydrogen-bond donors (Lipinski definition) is 2. The van der Waals surface area contributed by atoms with Gasteiger partial charge in [-0.3, -0.25) is 14.6 Å². The third-order valence-corrected chi connectivity index (χ3v) is 7.19. The van der Waals surface area contributed by atoms with E-state index in [1.54, 1.807) is 13.2 Å². The maximum atomic E-state index is 13.2. The number of fused-ring (bicyclic) bond motifs is 1. The van der Waals surface area contributed by atoms with Crippen molar-refractivity contribution in [3.05, 3.63) is 52.8 Å². The zero-order valence-corrected chi connectivity index (χ0v) is 19.9. The summed E-state index contributed by atoms with van der Waals surface area (Å²) in [6.07, 6.45) is 5.19. The first-order valence-electron chi connectivity index (χ1n) is 11.3. The predicted molar refractivity (Wildman–Crippen MR) is 131 cm³/mol. The zero-order valence-electron chi connectivity index (χ0n) is 19.1. The van der Waals surface area contributed by atoms with Crippen LogP contribution in [0, 0.1) is 0 Å². The topological polar surface area (TPSA) is 104 Å². The van der Waals surface area contributed by atoms with Crippen LogP contribution in [0.4, 0.5) is 5.69 Å². The summed E-state index contributed by atoms with van der Waals surface area (Å²) in [5.41, 5.74) is 8.49. The van der Waals surface area contributed by atoms with Gasteiger partial charge in [-0.25, -0.2) is 4.98 Å². The summed E-state index contributed by atoms with van der Waals surface area (Å²) in [5, 5.41) is 3.41. The van der Waals surface area contributed by atoms with Gasteiger partial charge in [-0.15, -0.1) is 11.3 Å². The number of piperidine rings is 1. The molecule has 1 fully saturated rings. The molecule has 0 aromatic carbocycles. The maximum absolute atomic E-state index is 13.2. The average molecular weight is 467 g/mol. The summed E-state index contributed by atoms with van der Waals surface area (Å²) in [6.45, 7) is 2.12. The number of hydrogen-bond acceptors (Lipinski definition) is 7. The molecule has 0 bridgehead atoms. The van der Waals surface area contributed by atoms with E-state index in [-0.39, 0.29) is 17.9 Å². The fourth-order valence-electron chi connectivity index (χ4n) is 4.29. The lowest BCUT2D eigenvalue weighted by Crippen LogP contribution is -2.40. The van der Waals surface area contributed by atoms with Gasteiger partial charge in [0.25, 0.3) is 5.91 Å². The van der Waals surface area contributed by atoms with Crippen molar-refractivity contribution in [3.8, 4) is 0 Å². The Bertz CT molecular complexity index is 1130.